The zero-order valence-corrected chi connectivity index (χ0v) is 47.9. The van der Waals surface area contributed by atoms with Gasteiger partial charge in [-0.2, -0.15) is 4.98 Å². The van der Waals surface area contributed by atoms with Crippen molar-refractivity contribution >= 4 is 130 Å². The predicted molar refractivity (Wildman–Crippen MR) is 365 cm³/mol. The third-order valence-corrected chi connectivity index (χ3v) is 18.3. The summed E-state index contributed by atoms with van der Waals surface area (Å²) in [6, 6.07) is 98.0. The fraction of sp³-hybridized carbons (Fsp3) is 0. The third kappa shape index (κ3) is 8.02. The van der Waals surface area contributed by atoms with Crippen molar-refractivity contribution in [1.29, 1.82) is 0 Å². The van der Waals surface area contributed by atoms with Crippen molar-refractivity contribution < 1.29 is 4.42 Å². The molecular formula is C79H47N7OS. The van der Waals surface area contributed by atoms with Gasteiger partial charge in [-0.25, -0.2) is 15.0 Å². The van der Waals surface area contributed by atoms with Gasteiger partial charge in [0.2, 0.25) is 5.71 Å². The second-order valence-corrected chi connectivity index (χ2v) is 23.4. The molecule has 0 aliphatic carbocycles. The zero-order valence-electron chi connectivity index (χ0n) is 47.1. The molecule has 8 nitrogen and oxygen atoms in total. The van der Waals surface area contributed by atoms with Crippen LogP contribution in [0.25, 0.3) is 175 Å². The first kappa shape index (κ1) is 49.7. The first-order valence-electron chi connectivity index (χ1n) is 29.5. The number of thiophene rings is 1. The maximum Gasteiger partial charge on any atom is 0.248 e. The molecule has 0 saturated carbocycles. The number of para-hydroxylation sites is 2. The molecule has 0 fully saturated rings. The summed E-state index contributed by atoms with van der Waals surface area (Å²) in [5.41, 5.74) is 15.3. The first-order valence-corrected chi connectivity index (χ1v) is 30.3. The number of benzene rings is 12. The number of nitrogens with zero attached hydrogens (tertiary/aromatic N) is 7. The van der Waals surface area contributed by atoms with Gasteiger partial charge in [0, 0.05) is 48.8 Å². The van der Waals surface area contributed by atoms with Crippen LogP contribution in [0.5, 0.6) is 0 Å². The second-order valence-electron chi connectivity index (χ2n) is 22.3. The van der Waals surface area contributed by atoms with Crippen molar-refractivity contribution in [1.82, 2.24) is 34.1 Å². The van der Waals surface area contributed by atoms with Gasteiger partial charge in [0.05, 0.1) is 27.8 Å². The molecule has 12 aromatic carbocycles. The van der Waals surface area contributed by atoms with E-state index in [2.05, 4.69) is 264 Å². The molecule has 0 radical (unpaired) electrons. The van der Waals surface area contributed by atoms with Crippen LogP contribution in [-0.2, 0) is 0 Å². The summed E-state index contributed by atoms with van der Waals surface area (Å²) in [7, 11) is 0. The Hall–Kier alpha value is -11.7. The monoisotopic (exact) mass is 1140 g/mol. The Balaban J connectivity index is 0.000000132. The lowest BCUT2D eigenvalue weighted by molar-refractivity contribution is 0.652. The van der Waals surface area contributed by atoms with Crippen LogP contribution >= 0.6 is 11.3 Å². The Labute approximate surface area is 507 Å². The first-order chi connectivity index (χ1) is 43.6. The molecule has 0 atom stereocenters. The maximum atomic E-state index is 6.54. The van der Waals surface area contributed by atoms with Crippen LogP contribution in [0.15, 0.2) is 290 Å². The number of hydrogen-bond acceptors (Lipinski definition) is 7. The van der Waals surface area contributed by atoms with E-state index in [0.717, 1.165) is 104 Å². The topological polar surface area (TPSA) is 87.5 Å². The molecule has 0 spiro atoms. The highest BCUT2D eigenvalue weighted by molar-refractivity contribution is 7.25. The van der Waals surface area contributed by atoms with E-state index in [4.69, 9.17) is 29.3 Å². The van der Waals surface area contributed by atoms with Crippen molar-refractivity contribution in [2.75, 3.05) is 0 Å². The molecule has 0 bridgehead atoms. The summed E-state index contributed by atoms with van der Waals surface area (Å²) in [6.07, 6.45) is 1.80. The summed E-state index contributed by atoms with van der Waals surface area (Å²) in [4.78, 5) is 27.0. The van der Waals surface area contributed by atoms with Gasteiger partial charge in [0.1, 0.15) is 32.8 Å². The van der Waals surface area contributed by atoms with Gasteiger partial charge < -0.3 is 4.42 Å². The molecule has 19 aromatic rings. The Morgan fingerprint density at radius 1 is 0.318 bits per heavy atom. The molecule has 0 unspecified atom stereocenters. The fourth-order valence-electron chi connectivity index (χ4n) is 13.1. The van der Waals surface area contributed by atoms with Crippen molar-refractivity contribution in [2.45, 2.75) is 0 Å². The highest BCUT2D eigenvalue weighted by Gasteiger charge is 2.25. The lowest BCUT2D eigenvalue weighted by Gasteiger charge is -2.13. The van der Waals surface area contributed by atoms with Gasteiger partial charge in [-0.15, -0.1) is 11.3 Å². The molecule has 0 aliphatic heterocycles. The van der Waals surface area contributed by atoms with Crippen molar-refractivity contribution in [2.24, 2.45) is 0 Å². The molecular weight excluding hydrogens is 1090 g/mol. The Morgan fingerprint density at radius 3 is 1.53 bits per heavy atom. The number of aromatic nitrogens is 7. The SMILES string of the molecule is c1ccc(-c2ccc3c(c2)sc2nc(-n4c5ccccc5c5cc6ccccc6cc54)c(-c4ccccc4)nc23)cc1.c1ccc(-c2nc3c(nc2-n2c4ccccc4c4cc5ccccc5cc42)oc2cc(-c4cccc5ccccc45)ccc23)nc1. The summed E-state index contributed by atoms with van der Waals surface area (Å²) in [6.45, 7) is 0. The van der Waals surface area contributed by atoms with Gasteiger partial charge in [-0.05, 0) is 121 Å². The number of furan rings is 1. The van der Waals surface area contributed by atoms with E-state index in [-0.39, 0.29) is 0 Å². The smallest absolute Gasteiger partial charge is 0.248 e. The molecule has 19 rings (SSSR count). The second kappa shape index (κ2) is 20.0. The van der Waals surface area contributed by atoms with Gasteiger partial charge in [0.25, 0.3) is 0 Å². The van der Waals surface area contributed by atoms with Crippen molar-refractivity contribution in [3.05, 3.63) is 285 Å². The fourth-order valence-corrected chi connectivity index (χ4v) is 14.2. The van der Waals surface area contributed by atoms with Crippen LogP contribution in [-0.4, -0.2) is 34.1 Å². The summed E-state index contributed by atoms with van der Waals surface area (Å²) in [5, 5.41) is 14.0. The summed E-state index contributed by atoms with van der Waals surface area (Å²) in [5.74, 6) is 1.53. The predicted octanol–water partition coefficient (Wildman–Crippen LogP) is 20.9. The van der Waals surface area contributed by atoms with E-state index < -0.39 is 0 Å². The average Bonchev–Trinajstić information content (AvgIpc) is 1.85. The van der Waals surface area contributed by atoms with E-state index in [1.165, 1.54) is 53.5 Å². The number of rotatable bonds is 6. The summed E-state index contributed by atoms with van der Waals surface area (Å²) < 4.78 is 12.3. The summed E-state index contributed by atoms with van der Waals surface area (Å²) >= 11 is 1.71. The van der Waals surface area contributed by atoms with Crippen LogP contribution in [0.4, 0.5) is 0 Å². The largest absolute Gasteiger partial charge is 0.436 e. The minimum atomic E-state index is 0.492. The van der Waals surface area contributed by atoms with E-state index in [1.54, 1.807) is 17.5 Å². The normalized spacial score (nSPS) is 11.9. The van der Waals surface area contributed by atoms with Gasteiger partial charge in [0.15, 0.2) is 11.6 Å². The molecule has 88 heavy (non-hydrogen) atoms. The number of hydrogen-bond donors (Lipinski definition) is 0. The van der Waals surface area contributed by atoms with E-state index in [9.17, 15) is 0 Å². The van der Waals surface area contributed by atoms with Crippen LogP contribution in [0.1, 0.15) is 0 Å². The quantitative estimate of drug-likeness (QED) is 0.165. The van der Waals surface area contributed by atoms with Gasteiger partial charge in [-0.3, -0.25) is 14.1 Å². The molecule has 7 aromatic heterocycles. The number of fused-ring (bicyclic) bond motifs is 15. The molecule has 0 N–H and O–H groups in total. The number of pyridine rings is 1. The van der Waals surface area contributed by atoms with Gasteiger partial charge >= 0.3 is 0 Å². The molecule has 9 heteroatoms. The van der Waals surface area contributed by atoms with Gasteiger partial charge in [-0.1, -0.05) is 212 Å². The van der Waals surface area contributed by atoms with E-state index in [1.807, 2.05) is 24.3 Å². The molecule has 7 heterocycles. The van der Waals surface area contributed by atoms with Crippen LogP contribution in [0.2, 0.25) is 0 Å². The minimum absolute atomic E-state index is 0.492. The third-order valence-electron chi connectivity index (χ3n) is 17.2. The Kier molecular flexibility index (Phi) is 11.3. The molecule has 0 amide bonds. The van der Waals surface area contributed by atoms with Crippen molar-refractivity contribution in [3.8, 4) is 56.5 Å². The standard InChI is InChI=1S/C41H24N4O.C38H23N3S/c1-2-12-27-23-36-33(22-26(27)11-1)31-15-5-6-18-35(31)45(36)40-39(34-17-7-8-21-42-34)43-38-32-20-19-28(24-37(32)46-41(38)44-40)30-16-9-13-25-10-3-4-14-29(25)30;1-3-11-24(12-4-1)28-19-20-30-34(23-28)42-38-36(30)39-35(25-13-5-2-6-14-25)37(40-38)41-32-18-10-9-17-29(32)31-21-26-15-7-8-16-27(26)22-33(31)41/h1-24H;1-23H. The van der Waals surface area contributed by atoms with Crippen LogP contribution in [0.3, 0.4) is 0 Å². The highest BCUT2D eigenvalue weighted by atomic mass is 32.1. The molecule has 410 valence electrons. The maximum absolute atomic E-state index is 6.54. The van der Waals surface area contributed by atoms with Crippen LogP contribution < -0.4 is 0 Å². The lowest BCUT2D eigenvalue weighted by atomic mass is 9.98. The Morgan fingerprint density at radius 2 is 0.864 bits per heavy atom. The van der Waals surface area contributed by atoms with Crippen LogP contribution in [0, 0.1) is 0 Å². The molecule has 0 saturated heterocycles. The van der Waals surface area contributed by atoms with E-state index >= 15 is 0 Å². The zero-order chi connectivity index (χ0) is 57.8. The molecule has 0 aliphatic rings. The van der Waals surface area contributed by atoms with E-state index in [0.29, 0.717) is 17.2 Å². The Bertz CT molecular complexity index is 6000. The van der Waals surface area contributed by atoms with Crippen molar-refractivity contribution in [3.63, 3.8) is 0 Å². The highest BCUT2D eigenvalue weighted by Crippen LogP contribution is 2.43. The minimum Gasteiger partial charge on any atom is -0.436 e. The lowest BCUT2D eigenvalue weighted by Crippen LogP contribution is -2.03. The average molecular weight is 1140 g/mol.